The van der Waals surface area contributed by atoms with Gasteiger partial charge < -0.3 is 0 Å². The predicted molar refractivity (Wildman–Crippen MR) is 277 cm³/mol. The Morgan fingerprint density at radius 1 is 0.338 bits per heavy atom. The second kappa shape index (κ2) is 13.9. The Morgan fingerprint density at radius 3 is 0.985 bits per heavy atom. The van der Waals surface area contributed by atoms with Crippen molar-refractivity contribution < 1.29 is 19.2 Å². The molecule has 7 aromatic carbocycles. The lowest BCUT2D eigenvalue weighted by molar-refractivity contribution is 0.0975. The van der Waals surface area contributed by atoms with Crippen LogP contribution in [0.1, 0.15) is 138 Å². The highest BCUT2D eigenvalue weighted by Crippen LogP contribution is 2.64. The van der Waals surface area contributed by atoms with Crippen LogP contribution >= 0.6 is 22.7 Å². The first-order chi connectivity index (χ1) is 33.2. The second-order valence-electron chi connectivity index (χ2n) is 20.3. The largest absolute Gasteiger partial charge is 0.288 e. The molecule has 2 saturated carbocycles. The van der Waals surface area contributed by atoms with E-state index in [-0.39, 0.29) is 45.1 Å². The summed E-state index contributed by atoms with van der Waals surface area (Å²) < 4.78 is 0. The van der Waals surface area contributed by atoms with Gasteiger partial charge in [0.05, 0.1) is 11.1 Å². The molecule has 0 saturated heterocycles. The summed E-state index contributed by atoms with van der Waals surface area (Å²) in [6.07, 6.45) is 15.1. The van der Waals surface area contributed by atoms with Crippen LogP contribution in [-0.4, -0.2) is 23.1 Å². The summed E-state index contributed by atoms with van der Waals surface area (Å²) in [6.45, 7) is 0. The number of Topliss-reactive ketones (excluding diaryl/α,β-unsaturated/α-hetero) is 4. The molecule has 0 bridgehead atoms. The fraction of sp³-hybridized carbons (Fsp3) is 0.194. The summed E-state index contributed by atoms with van der Waals surface area (Å²) in [6, 6.07) is 42.2. The van der Waals surface area contributed by atoms with Crippen LogP contribution in [0.3, 0.4) is 0 Å². The van der Waals surface area contributed by atoms with Gasteiger partial charge in [0.1, 0.15) is 0 Å². The van der Waals surface area contributed by atoms with E-state index in [0.29, 0.717) is 22.3 Å². The summed E-state index contributed by atoms with van der Waals surface area (Å²) in [4.78, 5) is 61.1. The van der Waals surface area contributed by atoms with Gasteiger partial charge in [-0.1, -0.05) is 87.1 Å². The molecule has 6 aliphatic carbocycles. The van der Waals surface area contributed by atoms with E-state index in [1.165, 1.54) is 56.0 Å². The van der Waals surface area contributed by atoms with Crippen molar-refractivity contribution in [3.63, 3.8) is 0 Å². The molecule has 0 N–H and O–H groups in total. The summed E-state index contributed by atoms with van der Waals surface area (Å²) in [7, 11) is 0. The number of allylic oxidation sites excluding steroid dienone is 2. The first-order valence-corrected chi connectivity index (χ1v) is 25.9. The van der Waals surface area contributed by atoms with Crippen LogP contribution in [-0.2, 0) is 10.8 Å². The summed E-state index contributed by atoms with van der Waals surface area (Å²) in [5.74, 6) is -0.748. The van der Waals surface area contributed by atoms with Crippen LogP contribution in [0.2, 0.25) is 0 Å². The van der Waals surface area contributed by atoms with E-state index in [0.717, 1.165) is 104 Å². The van der Waals surface area contributed by atoms with Crippen LogP contribution in [0.25, 0.3) is 76.1 Å². The molecule has 15 rings (SSSR count). The Hall–Kier alpha value is -6.86. The molecule has 0 aliphatic heterocycles. The molecule has 0 atom stereocenters. The number of fused-ring (bicyclic) bond motifs is 16. The van der Waals surface area contributed by atoms with Crippen molar-refractivity contribution in [2.24, 2.45) is 0 Å². The highest BCUT2D eigenvalue weighted by molar-refractivity contribution is 7.17. The van der Waals surface area contributed by atoms with Crippen molar-refractivity contribution in [1.82, 2.24) is 0 Å². The van der Waals surface area contributed by atoms with Crippen molar-refractivity contribution in [3.8, 4) is 20.9 Å². The summed E-state index contributed by atoms with van der Waals surface area (Å²) >= 11 is 3.48. The molecule has 0 radical (unpaired) electrons. The van der Waals surface area contributed by atoms with E-state index in [2.05, 4.69) is 72.8 Å². The molecule has 2 heterocycles. The Kier molecular flexibility index (Phi) is 7.99. The van der Waals surface area contributed by atoms with Crippen LogP contribution in [0, 0.1) is 0 Å². The predicted octanol–water partition coefficient (Wildman–Crippen LogP) is 15.8. The van der Waals surface area contributed by atoms with E-state index in [1.807, 2.05) is 60.7 Å². The number of rotatable bonds is 2. The molecular formula is C62H42O4S2. The minimum Gasteiger partial charge on any atom is -0.288 e. The Labute approximate surface area is 400 Å². The standard InChI is InChI=1S/C62H42O4S2/c63-55-43-23-37-19-33-11-3-4-12-34(33)20-38(37)24-44(43)56(64)49(55)27-41-29-53-59(67-41)47-32-52-48(31-51(47)61(53)15-7-1-8-16-61)60-54(62(52)17-9-2-10-18-62)30-42(68-60)28-50-57(65)45-25-39-21-35-13-5-6-14-36(35)22-40(39)26-46(45)58(50)66/h3-6,11-14,19-32H,1-2,7-10,15-18H2. The van der Waals surface area contributed by atoms with E-state index < -0.39 is 0 Å². The molecule has 9 aromatic rings. The monoisotopic (exact) mass is 914 g/mol. The third-order valence-electron chi connectivity index (χ3n) is 16.8. The quantitative estimate of drug-likeness (QED) is 0.0984. The molecule has 2 spiro atoms. The van der Waals surface area contributed by atoms with Crippen LogP contribution in [0.4, 0.5) is 0 Å². The molecule has 0 unspecified atom stereocenters. The molecule has 6 aliphatic rings. The Bertz CT molecular complexity index is 3540. The average Bonchev–Trinajstić information content (AvgIpc) is 4.18. The zero-order valence-corrected chi connectivity index (χ0v) is 38.9. The fourth-order valence-electron chi connectivity index (χ4n) is 13.6. The molecular weight excluding hydrogens is 873 g/mol. The van der Waals surface area contributed by atoms with Crippen LogP contribution in [0.5, 0.6) is 0 Å². The Morgan fingerprint density at radius 2 is 0.662 bits per heavy atom. The van der Waals surface area contributed by atoms with Gasteiger partial charge in [-0.25, -0.2) is 0 Å². The highest BCUT2D eigenvalue weighted by Gasteiger charge is 2.50. The maximum Gasteiger partial charge on any atom is 0.197 e. The first kappa shape index (κ1) is 39.2. The molecule has 2 aromatic heterocycles. The minimum absolute atomic E-state index is 0.133. The van der Waals surface area contributed by atoms with E-state index in [4.69, 9.17) is 0 Å². The highest BCUT2D eigenvalue weighted by atomic mass is 32.1. The van der Waals surface area contributed by atoms with Gasteiger partial charge in [0.2, 0.25) is 0 Å². The third-order valence-corrected chi connectivity index (χ3v) is 19.1. The van der Waals surface area contributed by atoms with Gasteiger partial charge >= 0.3 is 0 Å². The molecule has 326 valence electrons. The molecule has 2 fully saturated rings. The maximum atomic E-state index is 14.1. The topological polar surface area (TPSA) is 68.3 Å². The fourth-order valence-corrected chi connectivity index (χ4v) is 16.1. The van der Waals surface area contributed by atoms with Crippen molar-refractivity contribution in [1.29, 1.82) is 0 Å². The maximum absolute atomic E-state index is 14.1. The average molecular weight is 915 g/mol. The summed E-state index contributed by atoms with van der Waals surface area (Å²) in [5, 5.41) is 8.31. The number of carbonyl (C=O) groups excluding carboxylic acids is 4. The normalized spacial score (nSPS) is 18.3. The van der Waals surface area contributed by atoms with E-state index >= 15 is 0 Å². The molecule has 68 heavy (non-hydrogen) atoms. The van der Waals surface area contributed by atoms with Gasteiger partial charge in [0.25, 0.3) is 0 Å². The Balaban J connectivity index is 0.823. The van der Waals surface area contributed by atoms with Crippen molar-refractivity contribution in [2.45, 2.75) is 75.0 Å². The van der Waals surface area contributed by atoms with Gasteiger partial charge in [0.15, 0.2) is 23.1 Å². The SMILES string of the molecule is O=C1C(=Cc2cc3c(s2)-c2cc4c(cc2C32CCCCC2)-c2sc(C=C3C(=O)c5cc6cc7ccccc7cc6cc5C3=O)cc2C42CCCCC2)C(=O)c2cc3cc4ccccc4cc3cc21. The van der Waals surface area contributed by atoms with Crippen LogP contribution in [0.15, 0.2) is 132 Å². The third kappa shape index (κ3) is 5.25. The van der Waals surface area contributed by atoms with Crippen molar-refractivity contribution in [3.05, 3.63) is 187 Å². The molecule has 4 nitrogen and oxygen atoms in total. The lowest BCUT2D eigenvalue weighted by atomic mass is 9.66. The van der Waals surface area contributed by atoms with Gasteiger partial charge in [-0.3, -0.25) is 19.2 Å². The van der Waals surface area contributed by atoms with Gasteiger partial charge in [-0.15, -0.1) is 22.7 Å². The molecule has 6 heteroatoms. The summed E-state index contributed by atoms with van der Waals surface area (Å²) in [5.41, 5.74) is 10.4. The lowest BCUT2D eigenvalue weighted by Crippen LogP contribution is -2.29. The number of ketones is 4. The second-order valence-corrected chi connectivity index (χ2v) is 22.5. The zero-order chi connectivity index (χ0) is 45.2. The van der Waals surface area contributed by atoms with Gasteiger partial charge in [0, 0.05) is 52.6 Å². The number of hydrogen-bond acceptors (Lipinski definition) is 6. The number of hydrogen-bond donors (Lipinski definition) is 0. The molecule has 0 amide bonds. The van der Waals surface area contributed by atoms with Gasteiger partial charge in [-0.2, -0.15) is 0 Å². The number of thiophene rings is 2. The van der Waals surface area contributed by atoms with Crippen molar-refractivity contribution >= 4 is 101 Å². The smallest absolute Gasteiger partial charge is 0.197 e. The minimum atomic E-state index is -0.187. The number of benzene rings is 7. The van der Waals surface area contributed by atoms with Crippen molar-refractivity contribution in [2.75, 3.05) is 0 Å². The van der Waals surface area contributed by atoms with Crippen LogP contribution < -0.4 is 0 Å². The van der Waals surface area contributed by atoms with Gasteiger partial charge in [-0.05, 0) is 187 Å². The lowest BCUT2D eigenvalue weighted by Gasteiger charge is -2.37. The first-order valence-electron chi connectivity index (χ1n) is 24.3. The number of carbonyl (C=O) groups is 4. The van der Waals surface area contributed by atoms with E-state index in [1.54, 1.807) is 22.7 Å². The zero-order valence-electron chi connectivity index (χ0n) is 37.2. The van der Waals surface area contributed by atoms with E-state index in [9.17, 15) is 19.2 Å².